The van der Waals surface area contributed by atoms with E-state index in [1.807, 2.05) is 43.3 Å². The van der Waals surface area contributed by atoms with Gasteiger partial charge in [0.05, 0.1) is 5.56 Å². The second-order valence-electron chi connectivity index (χ2n) is 4.88. The number of hydrogen-bond acceptors (Lipinski definition) is 2. The van der Waals surface area contributed by atoms with E-state index in [4.69, 9.17) is 0 Å². The first-order valence-corrected chi connectivity index (χ1v) is 7.44. The highest BCUT2D eigenvalue weighted by atomic mass is 16.1. The smallest absolute Gasteiger partial charge is 0.253 e. The minimum absolute atomic E-state index is 0.0440. The quantitative estimate of drug-likeness (QED) is 0.849. The molecule has 21 heavy (non-hydrogen) atoms. The molecule has 110 valence electrons. The lowest BCUT2D eigenvalue weighted by atomic mass is 10.1. The van der Waals surface area contributed by atoms with Crippen LogP contribution in [0, 0.1) is 0 Å². The molecule has 0 aromatic heterocycles. The van der Waals surface area contributed by atoms with E-state index in [1.54, 1.807) is 0 Å². The Kier molecular flexibility index (Phi) is 5.38. The number of para-hydroxylation sites is 1. The second-order valence-corrected chi connectivity index (χ2v) is 4.88. The average Bonchev–Trinajstić information content (AvgIpc) is 2.53. The van der Waals surface area contributed by atoms with Gasteiger partial charge in [0, 0.05) is 18.8 Å². The highest BCUT2D eigenvalue weighted by molar-refractivity contribution is 5.99. The van der Waals surface area contributed by atoms with E-state index < -0.39 is 0 Å². The van der Waals surface area contributed by atoms with E-state index >= 15 is 0 Å². The SMILES string of the molecule is CCNc1ccccc1C(=O)NCc1ccccc1CC. The van der Waals surface area contributed by atoms with Crippen LogP contribution in [0.15, 0.2) is 48.5 Å². The molecule has 0 aliphatic carbocycles. The molecule has 3 heteroatoms. The Morgan fingerprint density at radius 2 is 1.62 bits per heavy atom. The number of hydrogen-bond donors (Lipinski definition) is 2. The monoisotopic (exact) mass is 282 g/mol. The molecular weight excluding hydrogens is 260 g/mol. The van der Waals surface area contributed by atoms with Crippen molar-refractivity contribution >= 4 is 11.6 Å². The highest BCUT2D eigenvalue weighted by Gasteiger charge is 2.10. The molecule has 0 bridgehead atoms. The molecule has 0 atom stereocenters. The summed E-state index contributed by atoms with van der Waals surface area (Å²) in [6.07, 6.45) is 0.972. The maximum absolute atomic E-state index is 12.4. The van der Waals surface area contributed by atoms with E-state index in [2.05, 4.69) is 29.7 Å². The number of anilines is 1. The van der Waals surface area contributed by atoms with Crippen molar-refractivity contribution in [3.05, 3.63) is 65.2 Å². The number of benzene rings is 2. The van der Waals surface area contributed by atoms with Crippen LogP contribution in [0.3, 0.4) is 0 Å². The van der Waals surface area contributed by atoms with Crippen molar-refractivity contribution in [2.45, 2.75) is 26.8 Å². The third kappa shape index (κ3) is 3.85. The number of amides is 1. The van der Waals surface area contributed by atoms with Crippen LogP contribution in [-0.4, -0.2) is 12.5 Å². The van der Waals surface area contributed by atoms with E-state index in [1.165, 1.54) is 11.1 Å². The van der Waals surface area contributed by atoms with Crippen LogP contribution in [0.1, 0.15) is 35.3 Å². The Labute approximate surface area is 126 Å². The molecule has 0 aliphatic rings. The molecule has 1 amide bonds. The van der Waals surface area contributed by atoms with Gasteiger partial charge in [0.15, 0.2) is 0 Å². The van der Waals surface area contributed by atoms with Gasteiger partial charge in [-0.15, -0.1) is 0 Å². The lowest BCUT2D eigenvalue weighted by Gasteiger charge is -2.12. The van der Waals surface area contributed by atoms with Gasteiger partial charge in [-0.05, 0) is 36.6 Å². The van der Waals surface area contributed by atoms with Crippen molar-refractivity contribution in [2.75, 3.05) is 11.9 Å². The standard InChI is InChI=1S/C18H22N2O/c1-3-14-9-5-6-10-15(14)13-20-18(21)16-11-7-8-12-17(16)19-4-2/h5-12,19H,3-4,13H2,1-2H3,(H,20,21). The number of nitrogens with one attached hydrogen (secondary N) is 2. The van der Waals surface area contributed by atoms with E-state index in [0.29, 0.717) is 12.1 Å². The topological polar surface area (TPSA) is 41.1 Å². The number of carbonyl (C=O) groups excluding carboxylic acids is 1. The molecule has 0 aliphatic heterocycles. The molecule has 2 aromatic rings. The van der Waals surface area contributed by atoms with Gasteiger partial charge < -0.3 is 10.6 Å². The second kappa shape index (κ2) is 7.48. The van der Waals surface area contributed by atoms with Crippen LogP contribution in [0.2, 0.25) is 0 Å². The minimum atomic E-state index is -0.0440. The lowest BCUT2D eigenvalue weighted by Crippen LogP contribution is -2.24. The Hall–Kier alpha value is -2.29. The van der Waals surface area contributed by atoms with Crippen molar-refractivity contribution in [3.8, 4) is 0 Å². The molecule has 2 N–H and O–H groups in total. The fourth-order valence-electron chi connectivity index (χ4n) is 2.37. The predicted octanol–water partition coefficient (Wildman–Crippen LogP) is 3.61. The minimum Gasteiger partial charge on any atom is -0.385 e. The van der Waals surface area contributed by atoms with Crippen LogP contribution in [-0.2, 0) is 13.0 Å². The van der Waals surface area contributed by atoms with E-state index in [0.717, 1.165) is 18.7 Å². The lowest BCUT2D eigenvalue weighted by molar-refractivity contribution is 0.0951. The van der Waals surface area contributed by atoms with Gasteiger partial charge in [-0.2, -0.15) is 0 Å². The summed E-state index contributed by atoms with van der Waals surface area (Å²) in [6.45, 7) is 5.50. The highest BCUT2D eigenvalue weighted by Crippen LogP contribution is 2.15. The summed E-state index contributed by atoms with van der Waals surface area (Å²) in [4.78, 5) is 12.4. The number of aryl methyl sites for hydroxylation is 1. The molecule has 0 unspecified atom stereocenters. The zero-order valence-corrected chi connectivity index (χ0v) is 12.6. The summed E-state index contributed by atoms with van der Waals surface area (Å²) in [5, 5.41) is 6.23. The summed E-state index contributed by atoms with van der Waals surface area (Å²) >= 11 is 0. The normalized spacial score (nSPS) is 10.2. The van der Waals surface area contributed by atoms with Gasteiger partial charge in [-0.3, -0.25) is 4.79 Å². The molecule has 0 heterocycles. The Morgan fingerprint density at radius 1 is 0.952 bits per heavy atom. The third-order valence-corrected chi connectivity index (χ3v) is 3.48. The van der Waals surface area contributed by atoms with Crippen LogP contribution >= 0.6 is 0 Å². The molecule has 2 aromatic carbocycles. The van der Waals surface area contributed by atoms with Crippen molar-refractivity contribution in [2.24, 2.45) is 0 Å². The van der Waals surface area contributed by atoms with Crippen molar-refractivity contribution in [3.63, 3.8) is 0 Å². The maximum atomic E-state index is 12.4. The first kappa shape index (κ1) is 15.1. The first-order valence-electron chi connectivity index (χ1n) is 7.44. The molecular formula is C18H22N2O. The fourth-order valence-corrected chi connectivity index (χ4v) is 2.37. The van der Waals surface area contributed by atoms with Crippen molar-refractivity contribution in [1.29, 1.82) is 0 Å². The van der Waals surface area contributed by atoms with Crippen LogP contribution in [0.4, 0.5) is 5.69 Å². The number of carbonyl (C=O) groups is 1. The first-order chi connectivity index (χ1) is 10.3. The Balaban J connectivity index is 2.08. The Bertz CT molecular complexity index is 608. The van der Waals surface area contributed by atoms with Crippen molar-refractivity contribution in [1.82, 2.24) is 5.32 Å². The zero-order valence-electron chi connectivity index (χ0n) is 12.6. The van der Waals surface area contributed by atoms with Crippen LogP contribution in [0.5, 0.6) is 0 Å². The molecule has 0 saturated carbocycles. The van der Waals surface area contributed by atoms with Gasteiger partial charge in [-0.25, -0.2) is 0 Å². The van der Waals surface area contributed by atoms with Gasteiger partial charge in [0.2, 0.25) is 0 Å². The van der Waals surface area contributed by atoms with Crippen LogP contribution < -0.4 is 10.6 Å². The maximum Gasteiger partial charge on any atom is 0.253 e. The van der Waals surface area contributed by atoms with E-state index in [9.17, 15) is 4.79 Å². The average molecular weight is 282 g/mol. The number of rotatable bonds is 6. The Morgan fingerprint density at radius 3 is 2.33 bits per heavy atom. The molecule has 0 radical (unpaired) electrons. The van der Waals surface area contributed by atoms with Gasteiger partial charge in [0.25, 0.3) is 5.91 Å². The van der Waals surface area contributed by atoms with Gasteiger partial charge in [-0.1, -0.05) is 43.3 Å². The fraction of sp³-hybridized carbons (Fsp3) is 0.278. The molecule has 2 rings (SSSR count). The summed E-state index contributed by atoms with van der Waals surface area (Å²) < 4.78 is 0. The van der Waals surface area contributed by atoms with Crippen LogP contribution in [0.25, 0.3) is 0 Å². The molecule has 0 saturated heterocycles. The van der Waals surface area contributed by atoms with Gasteiger partial charge >= 0.3 is 0 Å². The summed E-state index contributed by atoms with van der Waals surface area (Å²) in [7, 11) is 0. The molecule has 3 nitrogen and oxygen atoms in total. The largest absolute Gasteiger partial charge is 0.385 e. The molecule has 0 fully saturated rings. The summed E-state index contributed by atoms with van der Waals surface area (Å²) in [5.74, 6) is -0.0440. The summed E-state index contributed by atoms with van der Waals surface area (Å²) in [5.41, 5.74) is 4.02. The molecule has 0 spiro atoms. The van der Waals surface area contributed by atoms with E-state index in [-0.39, 0.29) is 5.91 Å². The predicted molar refractivity (Wildman–Crippen MR) is 87.6 cm³/mol. The summed E-state index contributed by atoms with van der Waals surface area (Å²) in [6, 6.07) is 15.8. The zero-order chi connectivity index (χ0) is 15.1. The van der Waals surface area contributed by atoms with Crippen molar-refractivity contribution < 1.29 is 4.79 Å². The van der Waals surface area contributed by atoms with Gasteiger partial charge in [0.1, 0.15) is 0 Å². The third-order valence-electron chi connectivity index (χ3n) is 3.48.